The van der Waals surface area contributed by atoms with Gasteiger partial charge in [-0.3, -0.25) is 0 Å². The topological polar surface area (TPSA) is 53.6 Å². The van der Waals surface area contributed by atoms with E-state index >= 15 is 0 Å². The minimum absolute atomic E-state index is 0.306. The van der Waals surface area contributed by atoms with Gasteiger partial charge >= 0.3 is 0 Å². The monoisotopic (exact) mass is 298 g/mol. The molecule has 0 saturated heterocycles. The maximum absolute atomic E-state index is 4.64. The van der Waals surface area contributed by atoms with Crippen molar-refractivity contribution >= 4 is 28.5 Å². The summed E-state index contributed by atoms with van der Waals surface area (Å²) in [5, 5.41) is 6.35. The lowest BCUT2D eigenvalue weighted by atomic mass is 10.2. The lowest BCUT2D eigenvalue weighted by Crippen LogP contribution is -2.02. The van der Waals surface area contributed by atoms with E-state index in [1.54, 1.807) is 11.8 Å². The van der Waals surface area contributed by atoms with Crippen molar-refractivity contribution in [2.75, 3.05) is 12.4 Å². The molecule has 3 rings (SSSR count). The summed E-state index contributed by atoms with van der Waals surface area (Å²) in [7, 11) is 1.88. The predicted molar refractivity (Wildman–Crippen MR) is 88.1 cm³/mol. The second kappa shape index (κ2) is 5.77. The summed E-state index contributed by atoms with van der Waals surface area (Å²) < 4.78 is 0. The van der Waals surface area contributed by atoms with Gasteiger partial charge in [0.25, 0.3) is 0 Å². The van der Waals surface area contributed by atoms with Gasteiger partial charge in [-0.25, -0.2) is 9.97 Å². The first-order valence-electron chi connectivity index (χ1n) is 6.98. The molecule has 0 amide bonds. The molecule has 4 nitrogen and oxygen atoms in total. The average Bonchev–Trinajstić information content (AvgIpc) is 2.88. The number of anilines is 1. The minimum Gasteiger partial charge on any atom is -0.373 e. The fourth-order valence-electron chi connectivity index (χ4n) is 2.10. The molecule has 2 heterocycles. The molecule has 5 heteroatoms. The van der Waals surface area contributed by atoms with E-state index in [1.165, 1.54) is 5.39 Å². The van der Waals surface area contributed by atoms with Crippen molar-refractivity contribution in [2.24, 2.45) is 0 Å². The zero-order valence-electron chi connectivity index (χ0n) is 12.3. The lowest BCUT2D eigenvalue weighted by Gasteiger charge is -2.08. The van der Waals surface area contributed by atoms with Gasteiger partial charge in [-0.1, -0.05) is 43.8 Å². The third-order valence-electron chi connectivity index (χ3n) is 3.21. The van der Waals surface area contributed by atoms with Crippen molar-refractivity contribution in [3.8, 4) is 0 Å². The summed E-state index contributed by atoms with van der Waals surface area (Å²) in [5.41, 5.74) is 1.15. The fraction of sp³-hybridized carbons (Fsp3) is 0.250. The van der Waals surface area contributed by atoms with E-state index in [0.29, 0.717) is 5.92 Å². The maximum Gasteiger partial charge on any atom is 0.134 e. The molecule has 108 valence electrons. The molecule has 2 N–H and O–H groups in total. The largest absolute Gasteiger partial charge is 0.373 e. The van der Waals surface area contributed by atoms with Crippen molar-refractivity contribution in [2.45, 2.75) is 29.8 Å². The number of benzene rings is 1. The summed E-state index contributed by atoms with van der Waals surface area (Å²) >= 11 is 1.63. The average molecular weight is 298 g/mol. The Labute approximate surface area is 128 Å². The van der Waals surface area contributed by atoms with Crippen LogP contribution in [-0.2, 0) is 0 Å². The Morgan fingerprint density at radius 2 is 1.95 bits per heavy atom. The highest BCUT2D eigenvalue weighted by Crippen LogP contribution is 2.30. The number of H-pyrrole nitrogens is 1. The van der Waals surface area contributed by atoms with Crippen LogP contribution in [0.2, 0.25) is 0 Å². The molecule has 0 spiro atoms. The van der Waals surface area contributed by atoms with E-state index in [0.717, 1.165) is 27.2 Å². The van der Waals surface area contributed by atoms with Crippen LogP contribution in [0, 0.1) is 0 Å². The lowest BCUT2D eigenvalue weighted by molar-refractivity contribution is 0.755. The SMILES string of the molecule is CNc1cc(Sc2cc3ccccc3[nH]2)nc(C(C)C)n1. The number of para-hydroxylation sites is 1. The highest BCUT2D eigenvalue weighted by Gasteiger charge is 2.10. The van der Waals surface area contributed by atoms with Gasteiger partial charge < -0.3 is 10.3 Å². The first-order chi connectivity index (χ1) is 10.2. The number of hydrogen-bond acceptors (Lipinski definition) is 4. The van der Waals surface area contributed by atoms with E-state index in [4.69, 9.17) is 0 Å². The van der Waals surface area contributed by atoms with E-state index in [2.05, 4.69) is 52.3 Å². The van der Waals surface area contributed by atoms with E-state index in [9.17, 15) is 0 Å². The molecule has 1 aromatic carbocycles. The smallest absolute Gasteiger partial charge is 0.134 e. The van der Waals surface area contributed by atoms with Gasteiger partial charge in [0.15, 0.2) is 0 Å². The molecule has 0 saturated carbocycles. The van der Waals surface area contributed by atoms with Crippen molar-refractivity contribution in [3.05, 3.63) is 42.2 Å². The number of aromatic amines is 1. The number of nitrogens with one attached hydrogen (secondary N) is 2. The van der Waals surface area contributed by atoms with Crippen LogP contribution in [0.4, 0.5) is 5.82 Å². The van der Waals surface area contributed by atoms with Gasteiger partial charge in [0.05, 0.1) is 5.03 Å². The second-order valence-corrected chi connectivity index (χ2v) is 6.24. The fourth-order valence-corrected chi connectivity index (χ4v) is 2.98. The molecule has 0 fully saturated rings. The molecule has 0 atom stereocenters. The first kappa shape index (κ1) is 13.9. The van der Waals surface area contributed by atoms with Crippen LogP contribution in [0.15, 0.2) is 46.5 Å². The summed E-state index contributed by atoms with van der Waals surface area (Å²) in [5.74, 6) is 2.02. The van der Waals surface area contributed by atoms with Crippen molar-refractivity contribution < 1.29 is 0 Å². The third kappa shape index (κ3) is 3.03. The van der Waals surface area contributed by atoms with Gasteiger partial charge in [0.2, 0.25) is 0 Å². The zero-order chi connectivity index (χ0) is 14.8. The Morgan fingerprint density at radius 1 is 1.14 bits per heavy atom. The highest BCUT2D eigenvalue weighted by molar-refractivity contribution is 7.99. The molecule has 21 heavy (non-hydrogen) atoms. The van der Waals surface area contributed by atoms with E-state index in [-0.39, 0.29) is 0 Å². The van der Waals surface area contributed by atoms with Crippen LogP contribution in [0.25, 0.3) is 10.9 Å². The third-order valence-corrected chi connectivity index (χ3v) is 4.07. The van der Waals surface area contributed by atoms with Gasteiger partial charge in [0.1, 0.15) is 16.7 Å². The molecule has 0 radical (unpaired) electrons. The number of hydrogen-bond donors (Lipinski definition) is 2. The number of rotatable bonds is 4. The summed E-state index contributed by atoms with van der Waals surface area (Å²) in [6.07, 6.45) is 0. The van der Waals surface area contributed by atoms with Crippen LogP contribution < -0.4 is 5.32 Å². The van der Waals surface area contributed by atoms with Crippen LogP contribution in [0.1, 0.15) is 25.6 Å². The quantitative estimate of drug-likeness (QED) is 0.706. The number of aromatic nitrogens is 3. The zero-order valence-corrected chi connectivity index (χ0v) is 13.2. The number of fused-ring (bicyclic) bond motifs is 1. The predicted octanol–water partition coefficient (Wildman–Crippen LogP) is 4.27. The maximum atomic E-state index is 4.64. The van der Waals surface area contributed by atoms with Gasteiger partial charge in [0, 0.05) is 29.9 Å². The Bertz CT molecular complexity index is 731. The molecular formula is C16H18N4S. The van der Waals surface area contributed by atoms with Gasteiger partial charge in [-0.05, 0) is 12.1 Å². The molecule has 0 bridgehead atoms. The molecule has 2 aromatic heterocycles. The summed E-state index contributed by atoms with van der Waals surface area (Å²) in [4.78, 5) is 12.5. The van der Waals surface area contributed by atoms with Crippen molar-refractivity contribution in [1.82, 2.24) is 15.0 Å². The van der Waals surface area contributed by atoms with Crippen LogP contribution in [-0.4, -0.2) is 22.0 Å². The Balaban J connectivity index is 1.94. The van der Waals surface area contributed by atoms with Crippen LogP contribution in [0.3, 0.4) is 0 Å². The molecule has 0 aliphatic heterocycles. The Morgan fingerprint density at radius 3 is 2.67 bits per heavy atom. The Hall–Kier alpha value is -2.01. The molecule has 0 aliphatic carbocycles. The van der Waals surface area contributed by atoms with Crippen molar-refractivity contribution in [3.63, 3.8) is 0 Å². The first-order valence-corrected chi connectivity index (χ1v) is 7.79. The molecule has 0 unspecified atom stereocenters. The van der Waals surface area contributed by atoms with Gasteiger partial charge in [-0.2, -0.15) is 0 Å². The normalized spacial score (nSPS) is 11.2. The van der Waals surface area contributed by atoms with E-state index in [1.807, 2.05) is 25.2 Å². The van der Waals surface area contributed by atoms with Gasteiger partial charge in [-0.15, -0.1) is 0 Å². The highest BCUT2D eigenvalue weighted by atomic mass is 32.2. The van der Waals surface area contributed by atoms with E-state index < -0.39 is 0 Å². The standard InChI is InChI=1S/C16H18N4S/c1-10(2)16-19-13(17-3)9-15(20-16)21-14-8-11-6-4-5-7-12(11)18-14/h4-10,18H,1-3H3,(H,17,19,20). The molecule has 3 aromatic rings. The van der Waals surface area contributed by atoms with Crippen molar-refractivity contribution in [1.29, 1.82) is 0 Å². The van der Waals surface area contributed by atoms with Crippen LogP contribution in [0.5, 0.6) is 0 Å². The summed E-state index contributed by atoms with van der Waals surface area (Å²) in [6, 6.07) is 12.4. The molecule has 0 aliphatic rings. The second-order valence-electron chi connectivity index (χ2n) is 5.18. The molecular weight excluding hydrogens is 280 g/mol. The van der Waals surface area contributed by atoms with Crippen LogP contribution >= 0.6 is 11.8 Å². The number of nitrogens with zero attached hydrogens (tertiary/aromatic N) is 2. The minimum atomic E-state index is 0.306. The Kier molecular flexibility index (Phi) is 3.84. The summed E-state index contributed by atoms with van der Waals surface area (Å²) in [6.45, 7) is 4.21.